The summed E-state index contributed by atoms with van der Waals surface area (Å²) in [4.78, 5) is 21.0. The number of benzene rings is 2. The largest absolute Gasteiger partial charge is 0.497 e. The Balaban J connectivity index is 1.39. The van der Waals surface area contributed by atoms with Crippen LogP contribution in [-0.2, 0) is 11.3 Å². The van der Waals surface area contributed by atoms with Gasteiger partial charge in [0.25, 0.3) is 5.91 Å². The Morgan fingerprint density at radius 2 is 1.93 bits per heavy atom. The Morgan fingerprint density at radius 1 is 1.14 bits per heavy atom. The van der Waals surface area contributed by atoms with E-state index in [9.17, 15) is 4.79 Å². The van der Waals surface area contributed by atoms with Gasteiger partial charge in [-0.25, -0.2) is 9.97 Å². The molecule has 0 aliphatic carbocycles. The summed E-state index contributed by atoms with van der Waals surface area (Å²) >= 11 is 0. The van der Waals surface area contributed by atoms with E-state index in [0.29, 0.717) is 17.2 Å². The number of carbonyl (C=O) groups excluding carboxylic acids is 1. The van der Waals surface area contributed by atoms with Crippen molar-refractivity contribution in [3.63, 3.8) is 0 Å². The maximum atomic E-state index is 12.4. The Kier molecular flexibility index (Phi) is 5.05. The summed E-state index contributed by atoms with van der Waals surface area (Å²) in [7, 11) is 1.63. The predicted octanol–water partition coefficient (Wildman–Crippen LogP) is 2.61. The van der Waals surface area contributed by atoms with Gasteiger partial charge in [-0.2, -0.15) is 0 Å². The molecule has 0 radical (unpaired) electrons. The van der Waals surface area contributed by atoms with Gasteiger partial charge in [-0.05, 0) is 42.5 Å². The number of aromatic nitrogens is 2. The van der Waals surface area contributed by atoms with Crippen molar-refractivity contribution in [2.75, 3.05) is 13.7 Å². The van der Waals surface area contributed by atoms with Gasteiger partial charge in [0, 0.05) is 5.56 Å². The number of ether oxygens (including phenoxy) is 3. The third-order valence-electron chi connectivity index (χ3n) is 4.35. The molecular formula is C21H19N3O4. The van der Waals surface area contributed by atoms with Crippen molar-refractivity contribution in [1.29, 1.82) is 0 Å². The Hall–Kier alpha value is -3.61. The molecule has 0 spiro atoms. The second-order valence-corrected chi connectivity index (χ2v) is 6.21. The molecule has 1 aliphatic rings. The fraction of sp³-hybridized carbons (Fsp3) is 0.190. The van der Waals surface area contributed by atoms with Gasteiger partial charge in [0.15, 0.2) is 11.5 Å². The summed E-state index contributed by atoms with van der Waals surface area (Å²) in [6, 6.07) is 16.7. The number of rotatable bonds is 5. The molecule has 0 fully saturated rings. The Morgan fingerprint density at radius 3 is 2.71 bits per heavy atom. The van der Waals surface area contributed by atoms with Crippen molar-refractivity contribution in [3.05, 3.63) is 66.6 Å². The molecule has 1 unspecified atom stereocenters. The Bertz CT molecular complexity index is 975. The third-order valence-corrected chi connectivity index (χ3v) is 4.35. The topological polar surface area (TPSA) is 82.6 Å². The van der Waals surface area contributed by atoms with Crippen LogP contribution in [0.4, 0.5) is 0 Å². The average Bonchev–Trinajstić information content (AvgIpc) is 2.77. The van der Waals surface area contributed by atoms with Gasteiger partial charge in [0.1, 0.15) is 18.7 Å². The standard InChI is InChI=1S/C21H19N3O4/c1-26-16-8-6-14(7-9-16)17-10-15(23-13-24-17)11-22-21(25)20-12-27-18-4-2-3-5-19(18)28-20/h2-10,13,20H,11-12H2,1H3,(H,22,25). The van der Waals surface area contributed by atoms with Crippen LogP contribution in [0, 0.1) is 0 Å². The van der Waals surface area contributed by atoms with Crippen molar-refractivity contribution < 1.29 is 19.0 Å². The highest BCUT2D eigenvalue weighted by molar-refractivity contribution is 5.81. The molecule has 2 aromatic carbocycles. The number of fused-ring (bicyclic) bond motifs is 1. The molecule has 7 heteroatoms. The highest BCUT2D eigenvalue weighted by Gasteiger charge is 2.27. The first kappa shape index (κ1) is 17.8. The highest BCUT2D eigenvalue weighted by Crippen LogP contribution is 2.30. The summed E-state index contributed by atoms with van der Waals surface area (Å²) in [5.41, 5.74) is 2.41. The lowest BCUT2D eigenvalue weighted by Gasteiger charge is -2.25. The molecule has 1 aromatic heterocycles. The molecule has 7 nitrogen and oxygen atoms in total. The van der Waals surface area contributed by atoms with E-state index < -0.39 is 6.10 Å². The first-order valence-electron chi connectivity index (χ1n) is 8.84. The molecule has 2 heterocycles. The molecule has 0 saturated heterocycles. The average molecular weight is 377 g/mol. The predicted molar refractivity (Wildman–Crippen MR) is 102 cm³/mol. The highest BCUT2D eigenvalue weighted by atomic mass is 16.6. The van der Waals surface area contributed by atoms with Crippen molar-refractivity contribution in [1.82, 2.24) is 15.3 Å². The Labute approximate surface area is 162 Å². The number of hydrogen-bond acceptors (Lipinski definition) is 6. The number of carbonyl (C=O) groups is 1. The van der Waals surface area contributed by atoms with Crippen LogP contribution in [0.3, 0.4) is 0 Å². The maximum absolute atomic E-state index is 12.4. The lowest BCUT2D eigenvalue weighted by atomic mass is 10.1. The van der Waals surface area contributed by atoms with E-state index in [-0.39, 0.29) is 19.1 Å². The van der Waals surface area contributed by atoms with Gasteiger partial charge in [0.05, 0.1) is 25.0 Å². The molecule has 1 aliphatic heterocycles. The fourth-order valence-corrected chi connectivity index (χ4v) is 2.85. The minimum Gasteiger partial charge on any atom is -0.497 e. The summed E-state index contributed by atoms with van der Waals surface area (Å²) < 4.78 is 16.5. The van der Waals surface area contributed by atoms with Crippen LogP contribution in [-0.4, -0.2) is 35.7 Å². The first-order valence-corrected chi connectivity index (χ1v) is 8.84. The molecule has 1 atom stereocenters. The molecule has 1 N–H and O–H groups in total. The monoisotopic (exact) mass is 377 g/mol. The zero-order chi connectivity index (χ0) is 19.3. The van der Waals surface area contributed by atoms with Crippen LogP contribution in [0.15, 0.2) is 60.9 Å². The third kappa shape index (κ3) is 3.88. The molecule has 0 saturated carbocycles. The molecule has 142 valence electrons. The van der Waals surface area contributed by atoms with Gasteiger partial charge in [-0.3, -0.25) is 4.79 Å². The smallest absolute Gasteiger partial charge is 0.265 e. The van der Waals surface area contributed by atoms with Crippen molar-refractivity contribution in [2.24, 2.45) is 0 Å². The second kappa shape index (κ2) is 7.96. The minimum absolute atomic E-state index is 0.170. The first-order chi connectivity index (χ1) is 13.7. The minimum atomic E-state index is -0.696. The molecular weight excluding hydrogens is 358 g/mol. The van der Waals surface area contributed by atoms with E-state index in [0.717, 1.165) is 17.0 Å². The summed E-state index contributed by atoms with van der Waals surface area (Å²) in [6.45, 7) is 0.440. The van der Waals surface area contributed by atoms with E-state index in [1.54, 1.807) is 13.2 Å². The molecule has 3 aromatic rings. The number of nitrogens with one attached hydrogen (secondary N) is 1. The number of hydrogen-bond donors (Lipinski definition) is 1. The van der Waals surface area contributed by atoms with Crippen LogP contribution in [0.5, 0.6) is 17.2 Å². The zero-order valence-electron chi connectivity index (χ0n) is 15.3. The number of amides is 1. The van der Waals surface area contributed by atoms with Gasteiger partial charge in [0.2, 0.25) is 6.10 Å². The number of para-hydroxylation sites is 2. The van der Waals surface area contributed by atoms with Crippen LogP contribution in [0.2, 0.25) is 0 Å². The zero-order valence-corrected chi connectivity index (χ0v) is 15.3. The molecule has 1 amide bonds. The molecule has 4 rings (SSSR count). The van der Waals surface area contributed by atoms with Gasteiger partial charge < -0.3 is 19.5 Å². The van der Waals surface area contributed by atoms with E-state index in [4.69, 9.17) is 14.2 Å². The number of methoxy groups -OCH3 is 1. The lowest BCUT2D eigenvalue weighted by Crippen LogP contribution is -2.43. The van der Waals surface area contributed by atoms with Crippen LogP contribution >= 0.6 is 0 Å². The van der Waals surface area contributed by atoms with E-state index in [1.807, 2.05) is 48.5 Å². The van der Waals surface area contributed by atoms with Gasteiger partial charge in [-0.1, -0.05) is 12.1 Å². The summed E-state index contributed by atoms with van der Waals surface area (Å²) in [6.07, 6.45) is 0.787. The normalized spacial score (nSPS) is 15.0. The fourth-order valence-electron chi connectivity index (χ4n) is 2.85. The van der Waals surface area contributed by atoms with E-state index >= 15 is 0 Å². The molecule has 0 bridgehead atoms. The van der Waals surface area contributed by atoms with Gasteiger partial charge >= 0.3 is 0 Å². The number of nitrogens with zero attached hydrogens (tertiary/aromatic N) is 2. The van der Waals surface area contributed by atoms with Crippen LogP contribution in [0.25, 0.3) is 11.3 Å². The molecule has 28 heavy (non-hydrogen) atoms. The van der Waals surface area contributed by atoms with Crippen molar-refractivity contribution >= 4 is 5.91 Å². The quantitative estimate of drug-likeness (QED) is 0.736. The maximum Gasteiger partial charge on any atom is 0.265 e. The van der Waals surface area contributed by atoms with Crippen molar-refractivity contribution in [3.8, 4) is 28.5 Å². The van der Waals surface area contributed by atoms with Gasteiger partial charge in [-0.15, -0.1) is 0 Å². The van der Waals surface area contributed by atoms with Crippen LogP contribution in [0.1, 0.15) is 5.69 Å². The van der Waals surface area contributed by atoms with Crippen molar-refractivity contribution in [2.45, 2.75) is 12.6 Å². The lowest BCUT2D eigenvalue weighted by molar-refractivity contribution is -0.130. The SMILES string of the molecule is COc1ccc(-c2cc(CNC(=O)C3COc4ccccc4O3)ncn2)cc1. The van der Waals surface area contributed by atoms with E-state index in [2.05, 4.69) is 15.3 Å². The summed E-state index contributed by atoms with van der Waals surface area (Å²) in [5.74, 6) is 1.74. The summed E-state index contributed by atoms with van der Waals surface area (Å²) in [5, 5.41) is 2.84. The van der Waals surface area contributed by atoms with Crippen LogP contribution < -0.4 is 19.5 Å². The van der Waals surface area contributed by atoms with E-state index in [1.165, 1.54) is 6.33 Å². The second-order valence-electron chi connectivity index (χ2n) is 6.21.